The maximum atomic E-state index is 12.5. The maximum Gasteiger partial charge on any atom is 0.233 e. The van der Waals surface area contributed by atoms with Crippen molar-refractivity contribution >= 4 is 51.3 Å². The van der Waals surface area contributed by atoms with E-state index in [0.717, 1.165) is 22.0 Å². The van der Waals surface area contributed by atoms with Crippen LogP contribution in [0.5, 0.6) is 0 Å². The van der Waals surface area contributed by atoms with Crippen LogP contribution in [0.1, 0.15) is 5.56 Å². The first-order valence-electron chi connectivity index (χ1n) is 8.35. The van der Waals surface area contributed by atoms with Crippen molar-refractivity contribution in [3.8, 4) is 0 Å². The molecule has 0 radical (unpaired) electrons. The van der Waals surface area contributed by atoms with Gasteiger partial charge in [0.2, 0.25) is 5.91 Å². The van der Waals surface area contributed by atoms with Gasteiger partial charge >= 0.3 is 0 Å². The van der Waals surface area contributed by atoms with E-state index in [2.05, 4.69) is 9.97 Å². The molecule has 0 N–H and O–H groups in total. The summed E-state index contributed by atoms with van der Waals surface area (Å²) in [6, 6.07) is 15.2. The van der Waals surface area contributed by atoms with Gasteiger partial charge in [0.05, 0.1) is 5.75 Å². The lowest BCUT2D eigenvalue weighted by molar-refractivity contribution is -0.127. The van der Waals surface area contributed by atoms with Crippen LogP contribution in [0.25, 0.3) is 22.1 Å². The van der Waals surface area contributed by atoms with E-state index in [1.807, 2.05) is 48.5 Å². The van der Waals surface area contributed by atoms with Gasteiger partial charge in [-0.25, -0.2) is 9.97 Å². The van der Waals surface area contributed by atoms with Crippen molar-refractivity contribution in [2.45, 2.75) is 11.6 Å². The lowest BCUT2D eigenvalue weighted by Gasteiger charge is -2.17. The summed E-state index contributed by atoms with van der Waals surface area (Å²) in [5.41, 5.74) is 3.14. The topological polar surface area (TPSA) is 59.2 Å². The van der Waals surface area contributed by atoms with E-state index < -0.39 is 0 Å². The fourth-order valence-corrected chi connectivity index (χ4v) is 3.93. The number of carbonyl (C=O) groups excluding carboxylic acids is 1. The van der Waals surface area contributed by atoms with E-state index >= 15 is 0 Å². The molecule has 2 heterocycles. The Morgan fingerprint density at radius 1 is 1.19 bits per heavy atom. The van der Waals surface area contributed by atoms with Crippen molar-refractivity contribution in [3.05, 3.63) is 65.4 Å². The number of hydrogen-bond donors (Lipinski definition) is 0. The Kier molecular flexibility index (Phi) is 5.01. The summed E-state index contributed by atoms with van der Waals surface area (Å²) in [5, 5.41) is 2.28. The van der Waals surface area contributed by atoms with Crippen LogP contribution in [0.2, 0.25) is 5.02 Å². The molecule has 0 spiro atoms. The van der Waals surface area contributed by atoms with Crippen molar-refractivity contribution in [3.63, 3.8) is 0 Å². The maximum absolute atomic E-state index is 12.5. The summed E-state index contributed by atoms with van der Waals surface area (Å²) >= 11 is 7.36. The largest absolute Gasteiger partial charge is 0.451 e. The van der Waals surface area contributed by atoms with Gasteiger partial charge in [0, 0.05) is 24.0 Å². The molecule has 0 aliphatic carbocycles. The Bertz CT molecular complexity index is 1130. The highest BCUT2D eigenvalue weighted by Crippen LogP contribution is 2.32. The van der Waals surface area contributed by atoms with E-state index in [1.165, 1.54) is 18.1 Å². The van der Waals surface area contributed by atoms with E-state index in [0.29, 0.717) is 22.2 Å². The molecule has 0 atom stereocenters. The van der Waals surface area contributed by atoms with Crippen LogP contribution < -0.4 is 0 Å². The highest BCUT2D eigenvalue weighted by atomic mass is 35.5. The van der Waals surface area contributed by atoms with Gasteiger partial charge in [-0.1, -0.05) is 47.6 Å². The number of nitrogens with zero attached hydrogens (tertiary/aromatic N) is 3. The number of aromatic nitrogens is 2. The lowest BCUT2D eigenvalue weighted by Crippen LogP contribution is -2.27. The molecular weight excluding hydrogens is 382 g/mol. The predicted molar refractivity (Wildman–Crippen MR) is 108 cm³/mol. The van der Waals surface area contributed by atoms with Crippen molar-refractivity contribution in [2.75, 3.05) is 12.8 Å². The van der Waals surface area contributed by atoms with Gasteiger partial charge < -0.3 is 9.32 Å². The molecule has 0 saturated heterocycles. The average molecular weight is 398 g/mol. The van der Waals surface area contributed by atoms with Crippen LogP contribution in [0.4, 0.5) is 0 Å². The molecule has 7 heteroatoms. The molecule has 136 valence electrons. The van der Waals surface area contributed by atoms with Gasteiger partial charge in [0.1, 0.15) is 22.5 Å². The van der Waals surface area contributed by atoms with Crippen LogP contribution >= 0.6 is 23.4 Å². The number of furan rings is 1. The minimum atomic E-state index is 0.00264. The minimum absolute atomic E-state index is 0.00264. The van der Waals surface area contributed by atoms with Gasteiger partial charge in [-0.05, 0) is 29.8 Å². The second kappa shape index (κ2) is 7.58. The lowest BCUT2D eigenvalue weighted by atomic mass is 10.2. The summed E-state index contributed by atoms with van der Waals surface area (Å²) in [6.07, 6.45) is 1.51. The SMILES string of the molecule is CN(Cc1cccc(Cl)c1)C(=O)CSc1ncnc2c1oc1ccccc12. The monoisotopic (exact) mass is 397 g/mol. The van der Waals surface area contributed by atoms with Crippen LogP contribution in [0.3, 0.4) is 0 Å². The Labute approximate surface area is 165 Å². The third-order valence-electron chi connectivity index (χ3n) is 4.19. The summed E-state index contributed by atoms with van der Waals surface area (Å²) in [4.78, 5) is 22.8. The molecule has 0 unspecified atom stereocenters. The summed E-state index contributed by atoms with van der Waals surface area (Å²) < 4.78 is 5.90. The van der Waals surface area contributed by atoms with Gasteiger partial charge in [-0.15, -0.1) is 0 Å². The average Bonchev–Trinajstić information content (AvgIpc) is 3.05. The molecular formula is C20H16ClN3O2S. The van der Waals surface area contributed by atoms with E-state index in [1.54, 1.807) is 11.9 Å². The fourth-order valence-electron chi connectivity index (χ4n) is 2.84. The number of hydrogen-bond acceptors (Lipinski definition) is 5. The Morgan fingerprint density at radius 3 is 2.89 bits per heavy atom. The fraction of sp³-hybridized carbons (Fsp3) is 0.150. The number of para-hydroxylation sites is 1. The number of fused-ring (bicyclic) bond motifs is 3. The van der Waals surface area contributed by atoms with Crippen molar-refractivity contribution in [1.82, 2.24) is 14.9 Å². The number of benzene rings is 2. The zero-order chi connectivity index (χ0) is 18.8. The number of thioether (sulfide) groups is 1. The molecule has 4 aromatic rings. The third kappa shape index (κ3) is 3.77. The predicted octanol–water partition coefficient (Wildman–Crippen LogP) is 4.78. The molecule has 0 bridgehead atoms. The summed E-state index contributed by atoms with van der Waals surface area (Å²) in [7, 11) is 1.78. The highest BCUT2D eigenvalue weighted by Gasteiger charge is 2.16. The molecule has 0 aliphatic heterocycles. The molecule has 0 saturated carbocycles. The summed E-state index contributed by atoms with van der Waals surface area (Å²) in [6.45, 7) is 0.504. The van der Waals surface area contributed by atoms with Crippen LogP contribution in [-0.4, -0.2) is 33.6 Å². The molecule has 1 amide bonds. The Balaban J connectivity index is 1.49. The molecule has 2 aromatic carbocycles. The third-order valence-corrected chi connectivity index (χ3v) is 5.38. The number of halogens is 1. The quantitative estimate of drug-likeness (QED) is 0.358. The molecule has 27 heavy (non-hydrogen) atoms. The van der Waals surface area contributed by atoms with Crippen LogP contribution in [0.15, 0.2) is 64.3 Å². The van der Waals surface area contributed by atoms with Crippen molar-refractivity contribution < 1.29 is 9.21 Å². The summed E-state index contributed by atoms with van der Waals surface area (Å²) in [5.74, 6) is 0.267. The zero-order valence-electron chi connectivity index (χ0n) is 14.6. The Hall–Kier alpha value is -2.57. The number of amides is 1. The van der Waals surface area contributed by atoms with Gasteiger partial charge in [-0.3, -0.25) is 4.79 Å². The molecule has 0 aliphatic rings. The van der Waals surface area contributed by atoms with Gasteiger partial charge in [0.25, 0.3) is 0 Å². The first-order chi connectivity index (χ1) is 13.1. The normalized spacial score (nSPS) is 11.2. The second-order valence-corrected chi connectivity index (χ2v) is 7.52. The molecule has 4 rings (SSSR count). The Morgan fingerprint density at radius 2 is 2.04 bits per heavy atom. The smallest absolute Gasteiger partial charge is 0.233 e. The molecule has 2 aromatic heterocycles. The molecule has 0 fully saturated rings. The highest BCUT2D eigenvalue weighted by molar-refractivity contribution is 8.00. The van der Waals surface area contributed by atoms with E-state index in [9.17, 15) is 4.79 Å². The number of rotatable bonds is 5. The second-order valence-electron chi connectivity index (χ2n) is 6.12. The molecule has 5 nitrogen and oxygen atoms in total. The minimum Gasteiger partial charge on any atom is -0.451 e. The first kappa shape index (κ1) is 17.8. The van der Waals surface area contributed by atoms with Gasteiger partial charge in [-0.2, -0.15) is 0 Å². The van der Waals surface area contributed by atoms with Crippen LogP contribution in [0, 0.1) is 0 Å². The van der Waals surface area contributed by atoms with E-state index in [4.69, 9.17) is 16.0 Å². The zero-order valence-corrected chi connectivity index (χ0v) is 16.1. The van der Waals surface area contributed by atoms with Gasteiger partial charge in [0.15, 0.2) is 5.58 Å². The standard InChI is InChI=1S/C20H16ClN3O2S/c1-24(10-13-5-4-6-14(21)9-13)17(25)11-27-20-19-18(22-12-23-20)15-7-2-3-8-16(15)26-19/h2-9,12H,10-11H2,1H3. The first-order valence-corrected chi connectivity index (χ1v) is 9.71. The number of carbonyl (C=O) groups is 1. The van der Waals surface area contributed by atoms with E-state index in [-0.39, 0.29) is 11.7 Å². The van der Waals surface area contributed by atoms with Crippen LogP contribution in [-0.2, 0) is 11.3 Å². The van der Waals surface area contributed by atoms with Crippen molar-refractivity contribution in [1.29, 1.82) is 0 Å². The van der Waals surface area contributed by atoms with Crippen molar-refractivity contribution in [2.24, 2.45) is 0 Å².